The first kappa shape index (κ1) is 16.2. The Morgan fingerprint density at radius 3 is 2.53 bits per heavy atom. The highest BCUT2D eigenvalue weighted by Crippen LogP contribution is 2.15. The van der Waals surface area contributed by atoms with E-state index in [9.17, 15) is 9.90 Å². The van der Waals surface area contributed by atoms with Crippen LogP contribution in [0.3, 0.4) is 0 Å². The number of hydrogen-bond donors (Lipinski definition) is 3. The van der Waals surface area contributed by atoms with Gasteiger partial charge in [-0.05, 0) is 17.7 Å². The Labute approximate surface area is 112 Å². The average molecular weight is 279 g/mol. The summed E-state index contributed by atoms with van der Waals surface area (Å²) in [5.74, 6) is -0.157. The van der Waals surface area contributed by atoms with Gasteiger partial charge >= 0.3 is 0 Å². The summed E-state index contributed by atoms with van der Waals surface area (Å²) in [6.07, 6.45) is -0.452. The maximum absolute atomic E-state index is 11.1. The van der Waals surface area contributed by atoms with Crippen molar-refractivity contribution in [1.82, 2.24) is 5.32 Å². The lowest BCUT2D eigenvalue weighted by molar-refractivity contribution is -0.121. The highest BCUT2D eigenvalue weighted by molar-refractivity contribution is 6.30. The zero-order valence-electron chi connectivity index (χ0n) is 9.23. The minimum absolute atomic E-state index is 0. The van der Waals surface area contributed by atoms with Crippen molar-refractivity contribution in [2.45, 2.75) is 12.5 Å². The predicted molar refractivity (Wildman–Crippen MR) is 70.3 cm³/mol. The van der Waals surface area contributed by atoms with E-state index in [4.69, 9.17) is 17.3 Å². The summed E-state index contributed by atoms with van der Waals surface area (Å²) in [6, 6.07) is 6.84. The maximum atomic E-state index is 11.1. The molecule has 0 aliphatic heterocycles. The Bertz CT molecular complexity index is 344. The molecule has 0 heterocycles. The molecule has 0 spiro atoms. The summed E-state index contributed by atoms with van der Waals surface area (Å²) < 4.78 is 0. The third-order valence-corrected chi connectivity index (χ3v) is 2.37. The van der Waals surface area contributed by atoms with Crippen LogP contribution in [0.15, 0.2) is 24.3 Å². The smallest absolute Gasteiger partial charge is 0.221 e. The fourth-order valence-electron chi connectivity index (χ4n) is 1.23. The van der Waals surface area contributed by atoms with Crippen LogP contribution in [0.25, 0.3) is 0 Å². The van der Waals surface area contributed by atoms with Gasteiger partial charge in [-0.3, -0.25) is 4.79 Å². The van der Waals surface area contributed by atoms with Gasteiger partial charge in [0.05, 0.1) is 6.10 Å². The second kappa shape index (κ2) is 8.31. The first-order valence-electron chi connectivity index (χ1n) is 5.03. The maximum Gasteiger partial charge on any atom is 0.221 e. The zero-order chi connectivity index (χ0) is 12.0. The molecule has 0 aliphatic rings. The minimum Gasteiger partial charge on any atom is -0.387 e. The van der Waals surface area contributed by atoms with Crippen molar-refractivity contribution in [3.8, 4) is 0 Å². The van der Waals surface area contributed by atoms with Gasteiger partial charge in [0.25, 0.3) is 0 Å². The third kappa shape index (κ3) is 5.89. The van der Waals surface area contributed by atoms with Crippen LogP contribution in [0.5, 0.6) is 0 Å². The Hall–Kier alpha value is -0.810. The predicted octanol–water partition coefficient (Wildman–Crippen LogP) is 1.26. The normalized spacial score (nSPS) is 11.5. The van der Waals surface area contributed by atoms with Gasteiger partial charge in [-0.15, -0.1) is 12.4 Å². The molecule has 17 heavy (non-hydrogen) atoms. The molecule has 0 radical (unpaired) electrons. The van der Waals surface area contributed by atoms with Gasteiger partial charge in [0.2, 0.25) is 5.91 Å². The van der Waals surface area contributed by atoms with Crippen molar-refractivity contribution >= 4 is 29.9 Å². The standard InChI is InChI=1S/C11H15ClN2O2.ClH/c12-9-3-1-8(2-4-9)10(15)7-14-11(16)5-6-13;/h1-4,10,15H,5-7,13H2,(H,14,16);1H. The van der Waals surface area contributed by atoms with E-state index in [-0.39, 0.29) is 31.3 Å². The Morgan fingerprint density at radius 2 is 2.00 bits per heavy atom. The van der Waals surface area contributed by atoms with E-state index in [0.29, 0.717) is 11.6 Å². The van der Waals surface area contributed by atoms with Crippen LogP contribution in [-0.2, 0) is 4.79 Å². The Balaban J connectivity index is 0.00000256. The number of hydrogen-bond acceptors (Lipinski definition) is 3. The van der Waals surface area contributed by atoms with Crippen LogP contribution in [0.4, 0.5) is 0 Å². The van der Waals surface area contributed by atoms with Crippen molar-refractivity contribution in [3.05, 3.63) is 34.9 Å². The van der Waals surface area contributed by atoms with Crippen LogP contribution in [0.1, 0.15) is 18.1 Å². The van der Waals surface area contributed by atoms with Crippen LogP contribution >= 0.6 is 24.0 Å². The number of benzene rings is 1. The van der Waals surface area contributed by atoms with Crippen molar-refractivity contribution in [3.63, 3.8) is 0 Å². The van der Waals surface area contributed by atoms with Gasteiger partial charge in [0.1, 0.15) is 0 Å². The zero-order valence-corrected chi connectivity index (χ0v) is 10.8. The Morgan fingerprint density at radius 1 is 1.41 bits per heavy atom. The van der Waals surface area contributed by atoms with Gasteiger partial charge in [-0.2, -0.15) is 0 Å². The first-order valence-corrected chi connectivity index (χ1v) is 5.41. The number of carbonyl (C=O) groups is 1. The van der Waals surface area contributed by atoms with E-state index in [1.807, 2.05) is 0 Å². The summed E-state index contributed by atoms with van der Waals surface area (Å²) in [6.45, 7) is 0.489. The summed E-state index contributed by atoms with van der Waals surface area (Å²) in [5, 5.41) is 12.9. The number of nitrogens with one attached hydrogen (secondary N) is 1. The molecule has 1 atom stereocenters. The third-order valence-electron chi connectivity index (χ3n) is 2.12. The summed E-state index contributed by atoms with van der Waals surface area (Å²) in [7, 11) is 0. The van der Waals surface area contributed by atoms with Crippen molar-refractivity contribution in [2.75, 3.05) is 13.1 Å². The molecule has 1 unspecified atom stereocenters. The average Bonchev–Trinajstić information content (AvgIpc) is 2.27. The number of nitrogens with two attached hydrogens (primary N) is 1. The summed E-state index contributed by atoms with van der Waals surface area (Å²) >= 11 is 5.72. The highest BCUT2D eigenvalue weighted by Gasteiger charge is 2.08. The molecular formula is C11H16Cl2N2O2. The molecule has 4 nitrogen and oxygen atoms in total. The van der Waals surface area contributed by atoms with E-state index in [0.717, 1.165) is 5.56 Å². The molecule has 6 heteroatoms. The number of carbonyl (C=O) groups excluding carboxylic acids is 1. The molecule has 0 fully saturated rings. The fraction of sp³-hybridized carbons (Fsp3) is 0.364. The number of aliphatic hydroxyl groups excluding tert-OH is 1. The molecule has 1 aromatic rings. The van der Waals surface area contributed by atoms with Crippen LogP contribution < -0.4 is 11.1 Å². The number of halogens is 2. The Kier molecular flexibility index (Phi) is 7.91. The minimum atomic E-state index is -0.723. The van der Waals surface area contributed by atoms with Crippen molar-refractivity contribution in [2.24, 2.45) is 5.73 Å². The van der Waals surface area contributed by atoms with Gasteiger partial charge in [-0.25, -0.2) is 0 Å². The molecule has 1 aromatic carbocycles. The lowest BCUT2D eigenvalue weighted by atomic mass is 10.1. The lowest BCUT2D eigenvalue weighted by Crippen LogP contribution is -2.29. The second-order valence-corrected chi connectivity index (χ2v) is 3.85. The topological polar surface area (TPSA) is 75.4 Å². The monoisotopic (exact) mass is 278 g/mol. The molecule has 0 aromatic heterocycles. The fourth-order valence-corrected chi connectivity index (χ4v) is 1.36. The first-order chi connectivity index (χ1) is 7.63. The SMILES string of the molecule is Cl.NCCC(=O)NCC(O)c1ccc(Cl)cc1. The van der Waals surface area contributed by atoms with Gasteiger partial charge in [0.15, 0.2) is 0 Å². The summed E-state index contributed by atoms with van der Waals surface area (Å²) in [5.41, 5.74) is 5.95. The molecular weight excluding hydrogens is 263 g/mol. The van der Waals surface area contributed by atoms with Crippen molar-refractivity contribution in [1.29, 1.82) is 0 Å². The largest absolute Gasteiger partial charge is 0.387 e. The molecule has 0 saturated carbocycles. The molecule has 0 aliphatic carbocycles. The molecule has 1 amide bonds. The van der Waals surface area contributed by atoms with E-state index in [1.165, 1.54) is 0 Å². The number of amides is 1. The highest BCUT2D eigenvalue weighted by atomic mass is 35.5. The molecule has 0 bridgehead atoms. The van der Waals surface area contributed by atoms with Crippen molar-refractivity contribution < 1.29 is 9.90 Å². The van der Waals surface area contributed by atoms with E-state index >= 15 is 0 Å². The van der Waals surface area contributed by atoms with Crippen LogP contribution in [0, 0.1) is 0 Å². The lowest BCUT2D eigenvalue weighted by Gasteiger charge is -2.12. The van der Waals surface area contributed by atoms with E-state index < -0.39 is 6.10 Å². The van der Waals surface area contributed by atoms with Gasteiger partial charge in [0, 0.05) is 24.5 Å². The molecule has 0 saturated heterocycles. The molecule has 96 valence electrons. The van der Waals surface area contributed by atoms with E-state index in [2.05, 4.69) is 5.32 Å². The molecule has 1 rings (SSSR count). The second-order valence-electron chi connectivity index (χ2n) is 3.41. The van der Waals surface area contributed by atoms with Crippen LogP contribution in [0.2, 0.25) is 5.02 Å². The van der Waals surface area contributed by atoms with E-state index in [1.54, 1.807) is 24.3 Å². The number of aliphatic hydroxyl groups is 1. The van der Waals surface area contributed by atoms with Crippen LogP contribution in [-0.4, -0.2) is 24.1 Å². The molecule has 4 N–H and O–H groups in total. The van der Waals surface area contributed by atoms with Gasteiger partial charge in [-0.1, -0.05) is 23.7 Å². The van der Waals surface area contributed by atoms with Gasteiger partial charge < -0.3 is 16.2 Å². The summed E-state index contributed by atoms with van der Waals surface area (Å²) in [4.78, 5) is 11.1. The quantitative estimate of drug-likeness (QED) is 0.759. The number of rotatable bonds is 5.